The molecular formula is C25H30Cl2N4O2. The Morgan fingerprint density at radius 1 is 1.00 bits per heavy atom. The van der Waals surface area contributed by atoms with Crippen molar-refractivity contribution in [1.82, 2.24) is 19.7 Å². The minimum atomic E-state index is 0.101. The highest BCUT2D eigenvalue weighted by Crippen LogP contribution is 2.31. The Morgan fingerprint density at radius 2 is 1.82 bits per heavy atom. The predicted octanol–water partition coefficient (Wildman–Crippen LogP) is 3.51. The molecule has 1 aromatic carbocycles. The van der Waals surface area contributed by atoms with Crippen molar-refractivity contribution in [3.05, 3.63) is 63.9 Å². The minimum Gasteiger partial charge on any atom is -0.378 e. The van der Waals surface area contributed by atoms with Gasteiger partial charge in [0.15, 0.2) is 0 Å². The van der Waals surface area contributed by atoms with Gasteiger partial charge >= 0.3 is 0 Å². The first kappa shape index (κ1) is 23.1. The summed E-state index contributed by atoms with van der Waals surface area (Å²) in [5.74, 6) is 0.145. The van der Waals surface area contributed by atoms with Crippen LogP contribution in [0.4, 0.5) is 0 Å². The molecule has 33 heavy (non-hydrogen) atoms. The number of benzene rings is 1. The molecule has 0 N–H and O–H groups in total. The van der Waals surface area contributed by atoms with E-state index in [-0.39, 0.29) is 24.0 Å². The van der Waals surface area contributed by atoms with Crippen LogP contribution in [0, 0.1) is 0 Å². The zero-order valence-corrected chi connectivity index (χ0v) is 20.2. The van der Waals surface area contributed by atoms with Gasteiger partial charge in [0.1, 0.15) is 0 Å². The number of pyridine rings is 1. The molecule has 0 radical (unpaired) electrons. The van der Waals surface area contributed by atoms with E-state index in [1.54, 1.807) is 12.1 Å². The molecule has 3 fully saturated rings. The van der Waals surface area contributed by atoms with E-state index in [2.05, 4.69) is 25.8 Å². The number of hydrogen-bond acceptors (Lipinski definition) is 5. The summed E-state index contributed by atoms with van der Waals surface area (Å²) < 4.78 is 6.13. The van der Waals surface area contributed by atoms with Crippen molar-refractivity contribution in [2.75, 3.05) is 39.4 Å². The average Bonchev–Trinajstić information content (AvgIpc) is 3.37. The van der Waals surface area contributed by atoms with E-state index in [1.165, 1.54) is 12.8 Å². The number of piperazine rings is 1. The van der Waals surface area contributed by atoms with Gasteiger partial charge in [-0.05, 0) is 55.8 Å². The summed E-state index contributed by atoms with van der Waals surface area (Å²) in [6.45, 7) is 5.75. The lowest BCUT2D eigenvalue weighted by atomic mass is 9.90. The second kappa shape index (κ2) is 10.3. The van der Waals surface area contributed by atoms with Crippen LogP contribution in [0.5, 0.6) is 0 Å². The maximum absolute atomic E-state index is 13.6. The molecule has 1 unspecified atom stereocenters. The summed E-state index contributed by atoms with van der Waals surface area (Å²) >= 11 is 12.3. The molecule has 1 amide bonds. The number of halogens is 2. The number of aromatic nitrogens is 1. The topological polar surface area (TPSA) is 48.9 Å². The van der Waals surface area contributed by atoms with Crippen molar-refractivity contribution in [3.8, 4) is 0 Å². The van der Waals surface area contributed by atoms with Gasteiger partial charge in [-0.25, -0.2) is 0 Å². The van der Waals surface area contributed by atoms with E-state index in [4.69, 9.17) is 27.9 Å². The second-order valence-electron chi connectivity index (χ2n) is 9.21. The quantitative estimate of drug-likeness (QED) is 0.644. The van der Waals surface area contributed by atoms with Crippen LogP contribution in [-0.4, -0.2) is 83.1 Å². The Hall–Kier alpha value is -1.70. The largest absolute Gasteiger partial charge is 0.378 e. The van der Waals surface area contributed by atoms with Crippen molar-refractivity contribution in [3.63, 3.8) is 0 Å². The predicted molar refractivity (Wildman–Crippen MR) is 130 cm³/mol. The molecule has 3 atom stereocenters. The van der Waals surface area contributed by atoms with Crippen molar-refractivity contribution in [2.45, 2.75) is 43.9 Å². The van der Waals surface area contributed by atoms with Crippen LogP contribution in [0.25, 0.3) is 0 Å². The van der Waals surface area contributed by atoms with E-state index >= 15 is 0 Å². The van der Waals surface area contributed by atoms with Gasteiger partial charge in [0, 0.05) is 25.8 Å². The van der Waals surface area contributed by atoms with Gasteiger partial charge in [-0.3, -0.25) is 19.6 Å². The third-order valence-corrected chi connectivity index (χ3v) is 7.92. The van der Waals surface area contributed by atoms with Gasteiger partial charge in [0.25, 0.3) is 0 Å². The van der Waals surface area contributed by atoms with Gasteiger partial charge in [-0.1, -0.05) is 35.3 Å². The lowest BCUT2D eigenvalue weighted by molar-refractivity contribution is -0.153. The zero-order valence-electron chi connectivity index (χ0n) is 18.7. The van der Waals surface area contributed by atoms with Crippen LogP contribution in [0.3, 0.4) is 0 Å². The number of likely N-dealkylation sites (tertiary alicyclic amines) is 1. The Morgan fingerprint density at radius 3 is 2.58 bits per heavy atom. The SMILES string of the molecule is O=C(Cc1ccc(Cl)c(Cl)c1)N1CCN(Cc2ccccn2)[C@@H]2COCC(N3CCCC3)[C@H]21. The van der Waals surface area contributed by atoms with Gasteiger partial charge in [0.2, 0.25) is 5.91 Å². The first-order valence-corrected chi connectivity index (χ1v) is 12.5. The van der Waals surface area contributed by atoms with Crippen molar-refractivity contribution >= 4 is 29.1 Å². The molecule has 3 saturated heterocycles. The first-order valence-electron chi connectivity index (χ1n) is 11.8. The minimum absolute atomic E-state index is 0.101. The van der Waals surface area contributed by atoms with Crippen LogP contribution in [-0.2, 0) is 22.5 Å². The van der Waals surface area contributed by atoms with Crippen molar-refractivity contribution in [2.24, 2.45) is 0 Å². The molecule has 0 bridgehead atoms. The Labute approximate surface area is 205 Å². The first-order chi connectivity index (χ1) is 16.1. The Kier molecular flexibility index (Phi) is 7.18. The number of amides is 1. The Bertz CT molecular complexity index is 970. The van der Waals surface area contributed by atoms with Crippen LogP contribution in [0.1, 0.15) is 24.1 Å². The van der Waals surface area contributed by atoms with Gasteiger partial charge in [-0.15, -0.1) is 0 Å². The third kappa shape index (κ3) is 5.05. The summed E-state index contributed by atoms with van der Waals surface area (Å²) in [6.07, 6.45) is 4.59. The van der Waals surface area contributed by atoms with E-state index in [0.717, 1.165) is 37.4 Å². The zero-order chi connectivity index (χ0) is 22.8. The van der Waals surface area contributed by atoms with Gasteiger partial charge < -0.3 is 9.64 Å². The molecule has 5 rings (SSSR count). The highest BCUT2D eigenvalue weighted by molar-refractivity contribution is 6.42. The number of carbonyl (C=O) groups excluding carboxylic acids is 1. The molecule has 8 heteroatoms. The van der Waals surface area contributed by atoms with E-state index in [9.17, 15) is 4.79 Å². The standard InChI is InChI=1S/C25H30Cl2N4O2/c26-20-7-6-18(13-21(20)27)14-24(32)31-12-11-30(15-19-5-1-2-8-28-19)23-17-33-16-22(25(23)31)29-9-3-4-10-29/h1-2,5-8,13,22-23,25H,3-4,9-12,14-17H2/t22?,23-,25-/m1/s1. The average molecular weight is 489 g/mol. The lowest BCUT2D eigenvalue weighted by Crippen LogP contribution is -2.71. The second-order valence-corrected chi connectivity index (χ2v) is 10.0. The number of nitrogens with zero attached hydrogens (tertiary/aromatic N) is 4. The van der Waals surface area contributed by atoms with Gasteiger partial charge in [-0.2, -0.15) is 0 Å². The van der Waals surface area contributed by atoms with Gasteiger partial charge in [0.05, 0.1) is 53.5 Å². The summed E-state index contributed by atoms with van der Waals surface area (Å²) in [4.78, 5) is 25.2. The monoisotopic (exact) mass is 488 g/mol. The lowest BCUT2D eigenvalue weighted by Gasteiger charge is -2.54. The highest BCUT2D eigenvalue weighted by Gasteiger charge is 2.47. The molecule has 6 nitrogen and oxygen atoms in total. The summed E-state index contributed by atoms with van der Waals surface area (Å²) in [7, 11) is 0. The summed E-state index contributed by atoms with van der Waals surface area (Å²) in [5, 5.41) is 0.996. The molecule has 4 heterocycles. The fourth-order valence-corrected chi connectivity index (χ4v) is 5.88. The fourth-order valence-electron chi connectivity index (χ4n) is 5.56. The van der Waals surface area contributed by atoms with Crippen molar-refractivity contribution < 1.29 is 9.53 Å². The summed E-state index contributed by atoms with van der Waals surface area (Å²) in [6, 6.07) is 12.0. The summed E-state index contributed by atoms with van der Waals surface area (Å²) in [5.41, 5.74) is 1.95. The van der Waals surface area contributed by atoms with Crippen LogP contribution in [0.15, 0.2) is 42.6 Å². The number of ether oxygens (including phenoxy) is 1. The van der Waals surface area contributed by atoms with Crippen LogP contribution < -0.4 is 0 Å². The fraction of sp³-hybridized carbons (Fsp3) is 0.520. The highest BCUT2D eigenvalue weighted by atomic mass is 35.5. The molecular weight excluding hydrogens is 459 g/mol. The van der Waals surface area contributed by atoms with Crippen LogP contribution in [0.2, 0.25) is 10.0 Å². The number of carbonyl (C=O) groups is 1. The van der Waals surface area contributed by atoms with Crippen LogP contribution >= 0.6 is 23.2 Å². The van der Waals surface area contributed by atoms with E-state index in [0.29, 0.717) is 36.2 Å². The van der Waals surface area contributed by atoms with Crippen molar-refractivity contribution in [1.29, 1.82) is 0 Å². The molecule has 176 valence electrons. The maximum atomic E-state index is 13.6. The Balaban J connectivity index is 1.39. The molecule has 1 aromatic heterocycles. The molecule has 2 aromatic rings. The van der Waals surface area contributed by atoms with E-state index < -0.39 is 0 Å². The van der Waals surface area contributed by atoms with E-state index in [1.807, 2.05) is 24.4 Å². The number of fused-ring (bicyclic) bond motifs is 1. The molecule has 3 aliphatic rings. The molecule has 3 aliphatic heterocycles. The molecule has 0 spiro atoms. The number of hydrogen-bond donors (Lipinski definition) is 0. The molecule has 0 saturated carbocycles. The third-order valence-electron chi connectivity index (χ3n) is 7.18. The number of rotatable bonds is 5. The maximum Gasteiger partial charge on any atom is 0.227 e. The molecule has 0 aliphatic carbocycles. The smallest absolute Gasteiger partial charge is 0.227 e. The normalized spacial score (nSPS) is 26.4.